The molecule has 0 spiro atoms. The first-order valence-corrected chi connectivity index (χ1v) is 6.86. The van der Waals surface area contributed by atoms with Crippen LogP contribution in [0.5, 0.6) is 0 Å². The van der Waals surface area contributed by atoms with Crippen LogP contribution in [0.15, 0.2) is 0 Å². The maximum atomic E-state index is 5.47. The average molecular weight is 227 g/mol. The normalized spacial score (nSPS) is 24.0. The van der Waals surface area contributed by atoms with Gasteiger partial charge in [0, 0.05) is 6.04 Å². The van der Waals surface area contributed by atoms with E-state index < -0.39 is 0 Å². The van der Waals surface area contributed by atoms with E-state index in [9.17, 15) is 0 Å². The van der Waals surface area contributed by atoms with Crippen LogP contribution < -0.4 is 11.1 Å². The van der Waals surface area contributed by atoms with Crippen molar-refractivity contribution >= 4 is 0 Å². The molecule has 0 aliphatic heterocycles. The van der Waals surface area contributed by atoms with Crippen molar-refractivity contribution in [1.82, 2.24) is 10.2 Å². The van der Waals surface area contributed by atoms with Crippen LogP contribution in [0.1, 0.15) is 39.0 Å². The van der Waals surface area contributed by atoms with E-state index in [1.165, 1.54) is 45.3 Å². The predicted octanol–water partition coefficient (Wildman–Crippen LogP) is 1.44. The third-order valence-corrected chi connectivity index (χ3v) is 3.48. The van der Waals surface area contributed by atoms with E-state index in [1.54, 1.807) is 0 Å². The van der Waals surface area contributed by atoms with Gasteiger partial charge in [0.05, 0.1) is 0 Å². The van der Waals surface area contributed by atoms with Crippen LogP contribution in [-0.2, 0) is 0 Å². The lowest BCUT2D eigenvalue weighted by molar-refractivity contribution is 0.318. The minimum Gasteiger partial charge on any atom is -0.330 e. The molecule has 1 saturated carbocycles. The number of unbranched alkanes of at least 4 members (excludes halogenated alkanes) is 2. The molecule has 0 amide bonds. The molecule has 0 aromatic heterocycles. The monoisotopic (exact) mass is 227 g/mol. The zero-order valence-corrected chi connectivity index (χ0v) is 11.0. The number of hydrogen-bond acceptors (Lipinski definition) is 3. The minimum atomic E-state index is 0.831. The Hall–Kier alpha value is -0.120. The minimum absolute atomic E-state index is 0.831. The highest BCUT2D eigenvalue weighted by molar-refractivity contribution is 4.89. The van der Waals surface area contributed by atoms with Crippen LogP contribution >= 0.6 is 0 Å². The average Bonchev–Trinajstić information content (AvgIpc) is 2.94. The summed E-state index contributed by atoms with van der Waals surface area (Å²) >= 11 is 0. The van der Waals surface area contributed by atoms with Crippen molar-refractivity contribution in [1.29, 1.82) is 0 Å². The second kappa shape index (κ2) is 8.04. The lowest BCUT2D eigenvalue weighted by Gasteiger charge is -2.16. The summed E-state index contributed by atoms with van der Waals surface area (Å²) in [6, 6.07) is 0.835. The molecule has 16 heavy (non-hydrogen) atoms. The molecule has 1 fully saturated rings. The SMILES string of the molecule is CC1C[C@@H]1NCCCCN(C)CCCCN. The fraction of sp³-hybridized carbons (Fsp3) is 1.00. The topological polar surface area (TPSA) is 41.3 Å². The molecule has 3 heteroatoms. The van der Waals surface area contributed by atoms with Crippen molar-refractivity contribution in [3.63, 3.8) is 0 Å². The molecule has 3 N–H and O–H groups in total. The standard InChI is InChI=1S/C13H29N3/c1-12-11-13(12)15-8-4-6-10-16(2)9-5-3-7-14/h12-13,15H,3-11,14H2,1-2H3/t12?,13-/m0/s1. The lowest BCUT2D eigenvalue weighted by atomic mass is 10.2. The molecule has 1 unspecified atom stereocenters. The third-order valence-electron chi connectivity index (χ3n) is 3.48. The number of hydrogen-bond donors (Lipinski definition) is 2. The first kappa shape index (κ1) is 13.9. The zero-order valence-electron chi connectivity index (χ0n) is 11.0. The smallest absolute Gasteiger partial charge is 0.00963 e. The Morgan fingerprint density at radius 2 is 1.81 bits per heavy atom. The van der Waals surface area contributed by atoms with Gasteiger partial charge in [-0.05, 0) is 71.2 Å². The van der Waals surface area contributed by atoms with Gasteiger partial charge in [-0.3, -0.25) is 0 Å². The van der Waals surface area contributed by atoms with E-state index in [0.29, 0.717) is 0 Å². The third kappa shape index (κ3) is 6.46. The van der Waals surface area contributed by atoms with Gasteiger partial charge in [-0.15, -0.1) is 0 Å². The quantitative estimate of drug-likeness (QED) is 0.555. The molecule has 1 rings (SSSR count). The van der Waals surface area contributed by atoms with Gasteiger partial charge >= 0.3 is 0 Å². The van der Waals surface area contributed by atoms with Crippen molar-refractivity contribution in [2.75, 3.05) is 33.2 Å². The van der Waals surface area contributed by atoms with Crippen LogP contribution in [0, 0.1) is 5.92 Å². The van der Waals surface area contributed by atoms with E-state index in [-0.39, 0.29) is 0 Å². The van der Waals surface area contributed by atoms with Gasteiger partial charge in [0.1, 0.15) is 0 Å². The van der Waals surface area contributed by atoms with E-state index in [0.717, 1.165) is 24.9 Å². The Bertz CT molecular complexity index is 173. The zero-order chi connectivity index (χ0) is 11.8. The molecule has 0 saturated heterocycles. The summed E-state index contributed by atoms with van der Waals surface area (Å²) in [7, 11) is 2.22. The van der Waals surface area contributed by atoms with Crippen molar-refractivity contribution in [3.8, 4) is 0 Å². The second-order valence-electron chi connectivity index (χ2n) is 5.28. The summed E-state index contributed by atoms with van der Waals surface area (Å²) in [6.45, 7) is 6.78. The molecule has 96 valence electrons. The highest BCUT2D eigenvalue weighted by Gasteiger charge is 2.31. The van der Waals surface area contributed by atoms with Gasteiger partial charge in [0.25, 0.3) is 0 Å². The number of rotatable bonds is 10. The molecule has 2 atom stereocenters. The largest absolute Gasteiger partial charge is 0.330 e. The molecule has 3 nitrogen and oxygen atoms in total. The van der Waals surface area contributed by atoms with Crippen LogP contribution in [0.3, 0.4) is 0 Å². The highest BCUT2D eigenvalue weighted by Crippen LogP contribution is 2.28. The summed E-state index contributed by atoms with van der Waals surface area (Å²) in [5, 5.41) is 3.60. The van der Waals surface area contributed by atoms with E-state index >= 15 is 0 Å². The first-order valence-electron chi connectivity index (χ1n) is 6.86. The fourth-order valence-corrected chi connectivity index (χ4v) is 2.04. The molecule has 1 aliphatic rings. The van der Waals surface area contributed by atoms with Crippen molar-refractivity contribution in [3.05, 3.63) is 0 Å². The van der Waals surface area contributed by atoms with Gasteiger partial charge in [-0.2, -0.15) is 0 Å². The molecule has 0 heterocycles. The number of nitrogens with two attached hydrogens (primary N) is 1. The van der Waals surface area contributed by atoms with E-state index in [2.05, 4.69) is 24.2 Å². The van der Waals surface area contributed by atoms with Crippen molar-refractivity contribution in [2.24, 2.45) is 11.7 Å². The van der Waals surface area contributed by atoms with Crippen LogP contribution in [-0.4, -0.2) is 44.2 Å². The highest BCUT2D eigenvalue weighted by atomic mass is 15.1. The lowest BCUT2D eigenvalue weighted by Crippen LogP contribution is -2.24. The van der Waals surface area contributed by atoms with E-state index in [4.69, 9.17) is 5.73 Å². The Morgan fingerprint density at radius 3 is 2.38 bits per heavy atom. The maximum absolute atomic E-state index is 5.47. The molecule has 1 aliphatic carbocycles. The summed E-state index contributed by atoms with van der Waals surface area (Å²) in [6.07, 6.45) is 6.41. The summed E-state index contributed by atoms with van der Waals surface area (Å²) in [5.41, 5.74) is 5.47. The molecule has 0 radical (unpaired) electrons. The van der Waals surface area contributed by atoms with Crippen LogP contribution in [0.4, 0.5) is 0 Å². The number of nitrogens with one attached hydrogen (secondary N) is 1. The van der Waals surface area contributed by atoms with Gasteiger partial charge in [0.2, 0.25) is 0 Å². The molecular formula is C13H29N3. The summed E-state index contributed by atoms with van der Waals surface area (Å²) < 4.78 is 0. The second-order valence-corrected chi connectivity index (χ2v) is 5.28. The van der Waals surface area contributed by atoms with Crippen molar-refractivity contribution in [2.45, 2.75) is 45.1 Å². The van der Waals surface area contributed by atoms with Crippen LogP contribution in [0.2, 0.25) is 0 Å². The van der Waals surface area contributed by atoms with Crippen molar-refractivity contribution < 1.29 is 0 Å². The van der Waals surface area contributed by atoms with E-state index in [1.807, 2.05) is 0 Å². The summed E-state index contributed by atoms with van der Waals surface area (Å²) in [4.78, 5) is 2.43. The molecule has 0 aromatic rings. The Labute approximate surface area is 101 Å². The van der Waals surface area contributed by atoms with Gasteiger partial charge in [-0.25, -0.2) is 0 Å². The Balaban J connectivity index is 1.79. The van der Waals surface area contributed by atoms with Crippen LogP contribution in [0.25, 0.3) is 0 Å². The molecular weight excluding hydrogens is 198 g/mol. The van der Waals surface area contributed by atoms with Gasteiger partial charge in [-0.1, -0.05) is 6.92 Å². The number of nitrogens with zero attached hydrogens (tertiary/aromatic N) is 1. The van der Waals surface area contributed by atoms with Gasteiger partial charge in [0.15, 0.2) is 0 Å². The fourth-order valence-electron chi connectivity index (χ4n) is 2.04. The first-order chi connectivity index (χ1) is 7.74. The predicted molar refractivity (Wildman–Crippen MR) is 70.6 cm³/mol. The summed E-state index contributed by atoms with van der Waals surface area (Å²) in [5.74, 6) is 0.930. The Kier molecular flexibility index (Phi) is 7.01. The maximum Gasteiger partial charge on any atom is 0.00963 e. The Morgan fingerprint density at radius 1 is 1.19 bits per heavy atom. The van der Waals surface area contributed by atoms with Gasteiger partial charge < -0.3 is 16.0 Å². The molecule has 0 bridgehead atoms. The molecule has 0 aromatic carbocycles.